The van der Waals surface area contributed by atoms with Gasteiger partial charge in [-0.3, -0.25) is 29.1 Å². The monoisotopic (exact) mass is 389 g/mol. The zero-order chi connectivity index (χ0) is 20.3. The van der Waals surface area contributed by atoms with Gasteiger partial charge in [-0.25, -0.2) is 0 Å². The van der Waals surface area contributed by atoms with Crippen LogP contribution in [-0.4, -0.2) is 42.3 Å². The van der Waals surface area contributed by atoms with Crippen molar-refractivity contribution in [1.29, 1.82) is 0 Å². The minimum Gasteiger partial charge on any atom is -0.348 e. The second kappa shape index (κ2) is 8.19. The molecule has 2 heterocycles. The van der Waals surface area contributed by atoms with Gasteiger partial charge in [-0.05, 0) is 26.7 Å². The Kier molecular flexibility index (Phi) is 5.71. The Morgan fingerprint density at radius 2 is 2.07 bits per heavy atom. The maximum atomic E-state index is 12.6. The van der Waals surface area contributed by atoms with Crippen LogP contribution in [0.5, 0.6) is 0 Å². The standard InChI is InChI=1S/C17H23N7O4/c1-3-22-9-13(16(21-22)17(26)19-12-6-4-5-7-12)20-15(25)10-23-11(2)14(8-18-23)24(27)28/h8-9,12H,3-7,10H2,1-2H3,(H,19,26)(H,20,25). The van der Waals surface area contributed by atoms with Gasteiger partial charge in [0.15, 0.2) is 5.69 Å². The molecule has 0 aromatic carbocycles. The first-order valence-electron chi connectivity index (χ1n) is 9.24. The van der Waals surface area contributed by atoms with Crippen LogP contribution in [0.4, 0.5) is 11.4 Å². The number of nitro groups is 1. The number of hydrogen-bond donors (Lipinski definition) is 2. The zero-order valence-electron chi connectivity index (χ0n) is 15.8. The van der Waals surface area contributed by atoms with Crippen LogP contribution >= 0.6 is 0 Å². The minimum absolute atomic E-state index is 0.134. The highest BCUT2D eigenvalue weighted by Gasteiger charge is 2.24. The second-order valence-electron chi connectivity index (χ2n) is 6.78. The third kappa shape index (κ3) is 4.18. The number of aromatic nitrogens is 4. The smallest absolute Gasteiger partial charge is 0.309 e. The van der Waals surface area contributed by atoms with E-state index in [4.69, 9.17) is 0 Å². The maximum absolute atomic E-state index is 12.6. The van der Waals surface area contributed by atoms with Gasteiger partial charge in [-0.1, -0.05) is 12.8 Å². The number of nitrogens with one attached hydrogen (secondary N) is 2. The Labute approximate surface area is 161 Å². The molecule has 11 heteroatoms. The van der Waals surface area contributed by atoms with Crippen molar-refractivity contribution in [2.24, 2.45) is 0 Å². The summed E-state index contributed by atoms with van der Waals surface area (Å²) in [7, 11) is 0. The fraction of sp³-hybridized carbons (Fsp3) is 0.529. The molecule has 3 rings (SSSR count). The summed E-state index contributed by atoms with van der Waals surface area (Å²) >= 11 is 0. The van der Waals surface area contributed by atoms with Gasteiger partial charge < -0.3 is 10.6 Å². The number of hydrogen-bond acceptors (Lipinski definition) is 6. The van der Waals surface area contributed by atoms with Gasteiger partial charge >= 0.3 is 5.69 Å². The van der Waals surface area contributed by atoms with E-state index in [1.165, 1.54) is 11.6 Å². The molecular weight excluding hydrogens is 366 g/mol. The molecule has 2 N–H and O–H groups in total. The molecule has 0 saturated heterocycles. The first-order chi connectivity index (χ1) is 13.4. The van der Waals surface area contributed by atoms with Crippen molar-refractivity contribution in [1.82, 2.24) is 24.9 Å². The lowest BCUT2D eigenvalue weighted by Gasteiger charge is -2.11. The van der Waals surface area contributed by atoms with Gasteiger partial charge in [-0.15, -0.1) is 0 Å². The lowest BCUT2D eigenvalue weighted by molar-refractivity contribution is -0.385. The molecule has 1 aliphatic rings. The van der Waals surface area contributed by atoms with E-state index in [0.29, 0.717) is 12.2 Å². The Morgan fingerprint density at radius 3 is 2.68 bits per heavy atom. The summed E-state index contributed by atoms with van der Waals surface area (Å²) in [4.78, 5) is 35.4. The van der Waals surface area contributed by atoms with Crippen molar-refractivity contribution in [3.8, 4) is 0 Å². The van der Waals surface area contributed by atoms with Crippen LogP contribution in [0, 0.1) is 17.0 Å². The van der Waals surface area contributed by atoms with Crippen molar-refractivity contribution in [3.63, 3.8) is 0 Å². The Balaban J connectivity index is 1.72. The molecule has 150 valence electrons. The van der Waals surface area contributed by atoms with Crippen LogP contribution in [0.2, 0.25) is 0 Å². The Bertz CT molecular complexity index is 895. The summed E-state index contributed by atoms with van der Waals surface area (Å²) in [5.74, 6) is -0.771. The molecule has 0 spiro atoms. The van der Waals surface area contributed by atoms with E-state index in [2.05, 4.69) is 20.8 Å². The summed E-state index contributed by atoms with van der Waals surface area (Å²) < 4.78 is 2.82. The topological polar surface area (TPSA) is 137 Å². The molecule has 0 bridgehead atoms. The van der Waals surface area contributed by atoms with Gasteiger partial charge in [-0.2, -0.15) is 10.2 Å². The molecule has 1 aliphatic carbocycles. The molecule has 0 atom stereocenters. The predicted octanol–water partition coefficient (Wildman–Crippen LogP) is 1.63. The van der Waals surface area contributed by atoms with E-state index in [1.54, 1.807) is 10.9 Å². The summed E-state index contributed by atoms with van der Waals surface area (Å²) in [6.07, 6.45) is 6.78. The van der Waals surface area contributed by atoms with Crippen LogP contribution in [0.15, 0.2) is 12.4 Å². The highest BCUT2D eigenvalue weighted by Crippen LogP contribution is 2.20. The molecule has 0 radical (unpaired) electrons. The van der Waals surface area contributed by atoms with Gasteiger partial charge in [0, 0.05) is 18.8 Å². The summed E-state index contributed by atoms with van der Waals surface area (Å²) in [6, 6.07) is 0.134. The Morgan fingerprint density at radius 1 is 1.36 bits per heavy atom. The third-order valence-corrected chi connectivity index (χ3v) is 4.83. The first-order valence-corrected chi connectivity index (χ1v) is 9.24. The molecule has 0 aliphatic heterocycles. The summed E-state index contributed by atoms with van der Waals surface area (Å²) in [5, 5.41) is 24.7. The third-order valence-electron chi connectivity index (χ3n) is 4.83. The fourth-order valence-electron chi connectivity index (χ4n) is 3.27. The largest absolute Gasteiger partial charge is 0.348 e. The number of aryl methyl sites for hydroxylation is 1. The Hall–Kier alpha value is -3.24. The van der Waals surface area contributed by atoms with Crippen LogP contribution in [0.3, 0.4) is 0 Å². The van der Waals surface area contributed by atoms with Gasteiger partial charge in [0.05, 0.1) is 10.6 Å². The normalized spacial score (nSPS) is 14.2. The molecule has 28 heavy (non-hydrogen) atoms. The van der Waals surface area contributed by atoms with Crippen molar-refractivity contribution in [3.05, 3.63) is 33.9 Å². The number of nitrogens with zero attached hydrogens (tertiary/aromatic N) is 5. The van der Waals surface area contributed by atoms with E-state index in [0.717, 1.165) is 31.9 Å². The number of amides is 2. The van der Waals surface area contributed by atoms with Crippen LogP contribution in [0.25, 0.3) is 0 Å². The molecule has 2 aromatic rings. The minimum atomic E-state index is -0.548. The highest BCUT2D eigenvalue weighted by molar-refractivity contribution is 6.02. The van der Waals surface area contributed by atoms with Crippen LogP contribution in [-0.2, 0) is 17.9 Å². The van der Waals surface area contributed by atoms with Crippen molar-refractivity contribution < 1.29 is 14.5 Å². The molecule has 2 aromatic heterocycles. The number of carbonyl (C=O) groups excluding carboxylic acids is 2. The van der Waals surface area contributed by atoms with Crippen LogP contribution < -0.4 is 10.6 Å². The van der Waals surface area contributed by atoms with E-state index < -0.39 is 10.8 Å². The van der Waals surface area contributed by atoms with Crippen molar-refractivity contribution in [2.45, 2.75) is 58.7 Å². The average molecular weight is 389 g/mol. The maximum Gasteiger partial charge on any atom is 0.309 e. The van der Waals surface area contributed by atoms with E-state index in [-0.39, 0.29) is 35.6 Å². The lowest BCUT2D eigenvalue weighted by atomic mass is 10.2. The summed E-state index contributed by atoms with van der Waals surface area (Å²) in [6.45, 7) is 3.74. The number of carbonyl (C=O) groups is 2. The summed E-state index contributed by atoms with van der Waals surface area (Å²) in [5.41, 5.74) is 0.596. The van der Waals surface area contributed by atoms with E-state index in [9.17, 15) is 19.7 Å². The van der Waals surface area contributed by atoms with E-state index in [1.807, 2.05) is 6.92 Å². The predicted molar refractivity (Wildman–Crippen MR) is 99.9 cm³/mol. The molecular formula is C17H23N7O4. The van der Waals surface area contributed by atoms with E-state index >= 15 is 0 Å². The second-order valence-corrected chi connectivity index (χ2v) is 6.78. The zero-order valence-corrected chi connectivity index (χ0v) is 15.8. The number of anilines is 1. The van der Waals surface area contributed by atoms with Gasteiger partial charge in [0.2, 0.25) is 5.91 Å². The molecule has 1 fully saturated rings. The SMILES string of the molecule is CCn1cc(NC(=O)Cn2ncc([N+](=O)[O-])c2C)c(C(=O)NC2CCCC2)n1. The molecule has 0 unspecified atom stereocenters. The highest BCUT2D eigenvalue weighted by atomic mass is 16.6. The molecule has 2 amide bonds. The lowest BCUT2D eigenvalue weighted by Crippen LogP contribution is -2.33. The van der Waals surface area contributed by atoms with Crippen molar-refractivity contribution in [2.75, 3.05) is 5.32 Å². The molecule has 1 saturated carbocycles. The van der Waals surface area contributed by atoms with Gasteiger partial charge in [0.1, 0.15) is 18.4 Å². The quantitative estimate of drug-likeness (QED) is 0.545. The fourth-order valence-corrected chi connectivity index (χ4v) is 3.27. The van der Waals surface area contributed by atoms with Gasteiger partial charge in [0.25, 0.3) is 5.91 Å². The van der Waals surface area contributed by atoms with Crippen molar-refractivity contribution >= 4 is 23.2 Å². The first kappa shape index (κ1) is 19.5. The number of rotatable bonds is 7. The average Bonchev–Trinajstić information content (AvgIpc) is 3.36. The molecule has 11 nitrogen and oxygen atoms in total. The van der Waals surface area contributed by atoms with Crippen LogP contribution in [0.1, 0.15) is 48.8 Å².